The second-order valence-corrected chi connectivity index (χ2v) is 7.79. The van der Waals surface area contributed by atoms with Crippen molar-refractivity contribution in [2.45, 2.75) is 26.9 Å². The predicted molar refractivity (Wildman–Crippen MR) is 112 cm³/mol. The first-order valence-corrected chi connectivity index (χ1v) is 9.71. The third kappa shape index (κ3) is 4.48. The lowest BCUT2D eigenvalue weighted by molar-refractivity contribution is -0.140. The Balaban J connectivity index is 1.72. The van der Waals surface area contributed by atoms with Crippen LogP contribution in [0, 0.1) is 20.8 Å². The van der Waals surface area contributed by atoms with Gasteiger partial charge in [-0.25, -0.2) is 4.98 Å². The summed E-state index contributed by atoms with van der Waals surface area (Å²) in [5, 5.41) is 3.68. The van der Waals surface area contributed by atoms with E-state index in [2.05, 4.69) is 21.2 Å². The van der Waals surface area contributed by atoms with Crippen LogP contribution in [0.15, 0.2) is 30.3 Å². The van der Waals surface area contributed by atoms with Gasteiger partial charge in [0.2, 0.25) is 0 Å². The fourth-order valence-electron chi connectivity index (χ4n) is 2.68. The van der Waals surface area contributed by atoms with Crippen LogP contribution in [0.2, 0.25) is 0 Å². The molecule has 152 valence electrons. The molecular weight excluding hydrogens is 421 g/mol. The summed E-state index contributed by atoms with van der Waals surface area (Å²) in [6, 6.07) is 7.95. The van der Waals surface area contributed by atoms with E-state index in [1.165, 1.54) is 6.07 Å². The van der Waals surface area contributed by atoms with Crippen molar-refractivity contribution in [1.82, 2.24) is 15.8 Å². The van der Waals surface area contributed by atoms with E-state index in [0.717, 1.165) is 34.2 Å². The maximum absolute atomic E-state index is 12.9. The minimum atomic E-state index is -4.54. The lowest BCUT2D eigenvalue weighted by Gasteiger charge is -2.14. The summed E-state index contributed by atoms with van der Waals surface area (Å²) in [4.78, 5) is 16.5. The van der Waals surface area contributed by atoms with E-state index in [-0.39, 0.29) is 14.8 Å². The lowest BCUT2D eigenvalue weighted by atomic mass is 10.1. The second-order valence-electron chi connectivity index (χ2n) is 6.38. The molecule has 29 heavy (non-hydrogen) atoms. The minimum absolute atomic E-state index is 0.151. The molecule has 0 aliphatic carbocycles. The molecule has 2 aromatic heterocycles. The van der Waals surface area contributed by atoms with Gasteiger partial charge in [0.05, 0.1) is 4.88 Å². The van der Waals surface area contributed by atoms with Crippen molar-refractivity contribution in [2.75, 3.05) is 5.32 Å². The van der Waals surface area contributed by atoms with Gasteiger partial charge in [-0.15, -0.1) is 11.3 Å². The third-order valence-corrected chi connectivity index (χ3v) is 5.85. The number of benzene rings is 1. The molecular formula is C19H17F3N4OS2. The molecule has 0 aliphatic heterocycles. The number of nitrogens with one attached hydrogen (secondary N) is 3. The zero-order valence-electron chi connectivity index (χ0n) is 15.7. The molecule has 3 aromatic rings. The van der Waals surface area contributed by atoms with Gasteiger partial charge in [0.15, 0.2) is 5.11 Å². The van der Waals surface area contributed by atoms with Crippen molar-refractivity contribution >= 4 is 50.5 Å². The molecule has 0 aliphatic rings. The topological polar surface area (TPSA) is 66.0 Å². The fraction of sp³-hybridized carbons (Fsp3) is 0.211. The maximum atomic E-state index is 12.9. The van der Waals surface area contributed by atoms with E-state index < -0.39 is 17.8 Å². The summed E-state index contributed by atoms with van der Waals surface area (Å²) in [6.07, 6.45) is -4.54. The van der Waals surface area contributed by atoms with Crippen LogP contribution < -0.4 is 16.2 Å². The molecule has 0 saturated heterocycles. The van der Waals surface area contributed by atoms with Crippen LogP contribution in [0.1, 0.15) is 32.1 Å². The van der Waals surface area contributed by atoms with Gasteiger partial charge in [-0.2, -0.15) is 13.2 Å². The number of alkyl halides is 3. The van der Waals surface area contributed by atoms with Crippen molar-refractivity contribution in [2.24, 2.45) is 0 Å². The number of nitrogens with zero attached hydrogens (tertiary/aromatic N) is 1. The molecule has 0 unspecified atom stereocenters. The number of hydrazine groups is 1. The number of anilines is 1. The summed E-state index contributed by atoms with van der Waals surface area (Å²) < 4.78 is 38.6. The number of carbonyl (C=O) groups excluding carboxylic acids is 1. The standard InChI is InChI=1S/C19H17F3N4OS2/c1-9-5-4-6-13(10(9)2)23-18(28)26-25-16(27)15-11(3)12-7-8-14(19(20,21)22)24-17(12)29-15/h4-8H,1-3H3,(H,25,27)(H2,23,26,28). The van der Waals surface area contributed by atoms with Crippen molar-refractivity contribution in [3.63, 3.8) is 0 Å². The largest absolute Gasteiger partial charge is 0.433 e. The molecule has 1 aromatic carbocycles. The number of rotatable bonds is 2. The zero-order chi connectivity index (χ0) is 21.3. The summed E-state index contributed by atoms with van der Waals surface area (Å²) in [5.41, 5.74) is 7.56. The second kappa shape index (κ2) is 7.96. The molecule has 3 rings (SSSR count). The van der Waals surface area contributed by atoms with Crippen molar-refractivity contribution in [1.29, 1.82) is 0 Å². The summed E-state index contributed by atoms with van der Waals surface area (Å²) in [7, 11) is 0. The van der Waals surface area contributed by atoms with Gasteiger partial charge in [0, 0.05) is 11.1 Å². The smallest absolute Gasteiger partial charge is 0.331 e. The highest BCUT2D eigenvalue weighted by atomic mass is 32.1. The lowest BCUT2D eigenvalue weighted by Crippen LogP contribution is -2.43. The maximum Gasteiger partial charge on any atom is 0.433 e. The van der Waals surface area contributed by atoms with Gasteiger partial charge < -0.3 is 5.32 Å². The van der Waals surface area contributed by atoms with Crippen LogP contribution in [0.25, 0.3) is 10.2 Å². The Bertz CT molecular complexity index is 1110. The number of hydrogen-bond donors (Lipinski definition) is 3. The van der Waals surface area contributed by atoms with Crippen LogP contribution in [0.3, 0.4) is 0 Å². The first-order chi connectivity index (χ1) is 13.6. The minimum Gasteiger partial charge on any atom is -0.331 e. The van der Waals surface area contributed by atoms with E-state index in [1.54, 1.807) is 6.92 Å². The molecule has 0 radical (unpaired) electrons. The van der Waals surface area contributed by atoms with Crippen molar-refractivity contribution in [3.05, 3.63) is 57.6 Å². The van der Waals surface area contributed by atoms with E-state index in [4.69, 9.17) is 12.2 Å². The fourth-order valence-corrected chi connectivity index (χ4v) is 3.92. The molecule has 10 heteroatoms. The third-order valence-electron chi connectivity index (χ3n) is 4.44. The Morgan fingerprint density at radius 3 is 2.48 bits per heavy atom. The molecule has 0 atom stereocenters. The summed E-state index contributed by atoms with van der Waals surface area (Å²) >= 11 is 6.09. The van der Waals surface area contributed by atoms with Gasteiger partial charge in [-0.1, -0.05) is 12.1 Å². The normalized spacial score (nSPS) is 11.4. The number of thiocarbonyl (C=S) groups is 1. The molecule has 2 heterocycles. The van der Waals surface area contributed by atoms with E-state index in [9.17, 15) is 18.0 Å². The molecule has 3 N–H and O–H groups in total. The van der Waals surface area contributed by atoms with E-state index in [0.29, 0.717) is 10.9 Å². The molecule has 0 saturated carbocycles. The first kappa shape index (κ1) is 21.0. The zero-order valence-corrected chi connectivity index (χ0v) is 17.3. The number of amides is 1. The molecule has 0 spiro atoms. The monoisotopic (exact) mass is 438 g/mol. The quantitative estimate of drug-likeness (QED) is 0.393. The highest BCUT2D eigenvalue weighted by Crippen LogP contribution is 2.34. The highest BCUT2D eigenvalue weighted by Gasteiger charge is 2.33. The van der Waals surface area contributed by atoms with E-state index in [1.807, 2.05) is 32.0 Å². The van der Waals surface area contributed by atoms with Crippen LogP contribution >= 0.6 is 23.6 Å². The number of halogens is 3. The Hall–Kier alpha value is -2.72. The van der Waals surface area contributed by atoms with Crippen LogP contribution in [-0.4, -0.2) is 16.0 Å². The number of hydrogen-bond acceptors (Lipinski definition) is 4. The van der Waals surface area contributed by atoms with Crippen molar-refractivity contribution in [3.8, 4) is 0 Å². The van der Waals surface area contributed by atoms with Crippen LogP contribution in [0.5, 0.6) is 0 Å². The SMILES string of the molecule is Cc1cccc(NC(=S)NNC(=O)c2sc3nc(C(F)(F)F)ccc3c2C)c1C. The predicted octanol–water partition coefficient (Wildman–Crippen LogP) is 4.87. The van der Waals surface area contributed by atoms with Gasteiger partial charge in [0.1, 0.15) is 10.5 Å². The Morgan fingerprint density at radius 1 is 1.07 bits per heavy atom. The van der Waals surface area contributed by atoms with Crippen molar-refractivity contribution < 1.29 is 18.0 Å². The first-order valence-electron chi connectivity index (χ1n) is 8.49. The molecule has 5 nitrogen and oxygen atoms in total. The Kier molecular flexibility index (Phi) is 5.76. The van der Waals surface area contributed by atoms with Gasteiger partial charge in [0.25, 0.3) is 5.91 Å². The summed E-state index contributed by atoms with van der Waals surface area (Å²) in [6.45, 7) is 5.58. The number of aryl methyl sites for hydroxylation is 2. The molecule has 1 amide bonds. The number of pyridine rings is 1. The summed E-state index contributed by atoms with van der Waals surface area (Å²) in [5.74, 6) is -0.510. The average Bonchev–Trinajstić information content (AvgIpc) is 2.99. The number of fused-ring (bicyclic) bond motifs is 1. The van der Waals surface area contributed by atoms with E-state index >= 15 is 0 Å². The number of aromatic nitrogens is 1. The van der Waals surface area contributed by atoms with Gasteiger partial charge in [-0.05, 0) is 67.9 Å². The van der Waals surface area contributed by atoms with Gasteiger partial charge >= 0.3 is 6.18 Å². The Labute approximate surface area is 174 Å². The van der Waals surface area contributed by atoms with Crippen LogP contribution in [-0.2, 0) is 6.18 Å². The highest BCUT2D eigenvalue weighted by molar-refractivity contribution is 7.80. The average molecular weight is 439 g/mol. The molecule has 0 fully saturated rings. The molecule has 0 bridgehead atoms. The van der Waals surface area contributed by atoms with Gasteiger partial charge in [-0.3, -0.25) is 15.6 Å². The van der Waals surface area contributed by atoms with Crippen LogP contribution in [0.4, 0.5) is 18.9 Å². The number of thiophene rings is 1. The Morgan fingerprint density at radius 2 is 1.79 bits per heavy atom. The number of carbonyl (C=O) groups is 1.